The van der Waals surface area contributed by atoms with Gasteiger partial charge < -0.3 is 9.80 Å². The fraction of sp³-hybridized carbons (Fsp3) is 0. The standard InChI is InChI=1S/C54H38B2N2Si/c1-4-21-40(22-5-1)57(41-23-6-2-7-24-41)43-27-18-20-39(38-43)55-45-29-11-15-34-50(45)59(51-35-16-12-30-46(51)55)52-36-17-13-31-47(52)56-44-28-10-14-32-48(44)58(42-25-8-3-9-26-42)49-33-19-37-53(59)54(49)56/h1-38H. The van der Waals surface area contributed by atoms with Gasteiger partial charge in [0.1, 0.15) is 0 Å². The Morgan fingerprint density at radius 1 is 0.339 bits per heavy atom. The zero-order valence-corrected chi connectivity index (χ0v) is 33.5. The Balaban J connectivity index is 1.12. The van der Waals surface area contributed by atoms with Gasteiger partial charge in [-0.05, 0) is 92.3 Å². The van der Waals surface area contributed by atoms with Crippen LogP contribution in [0.5, 0.6) is 0 Å². The first-order valence-corrected chi connectivity index (χ1v) is 22.7. The van der Waals surface area contributed by atoms with Crippen LogP contribution in [0.3, 0.4) is 0 Å². The van der Waals surface area contributed by atoms with E-state index in [1.165, 1.54) is 70.6 Å². The van der Waals surface area contributed by atoms with E-state index in [-0.39, 0.29) is 13.4 Å². The van der Waals surface area contributed by atoms with E-state index in [9.17, 15) is 0 Å². The molecule has 0 bridgehead atoms. The molecule has 12 rings (SSSR count). The molecule has 0 unspecified atom stereocenters. The highest BCUT2D eigenvalue weighted by atomic mass is 28.3. The minimum absolute atomic E-state index is 0.0554. The van der Waals surface area contributed by atoms with Gasteiger partial charge in [-0.2, -0.15) is 0 Å². The molecule has 59 heavy (non-hydrogen) atoms. The molecule has 0 fully saturated rings. The number of benzene rings is 9. The van der Waals surface area contributed by atoms with Gasteiger partial charge in [-0.25, -0.2) is 0 Å². The molecule has 3 aliphatic heterocycles. The van der Waals surface area contributed by atoms with Crippen LogP contribution in [-0.2, 0) is 0 Å². The Kier molecular flexibility index (Phi) is 7.79. The summed E-state index contributed by atoms with van der Waals surface area (Å²) in [5.74, 6) is 0. The minimum atomic E-state index is -2.91. The predicted molar refractivity (Wildman–Crippen MR) is 255 cm³/mol. The van der Waals surface area contributed by atoms with Crippen molar-refractivity contribution in [1.29, 1.82) is 0 Å². The van der Waals surface area contributed by atoms with Crippen molar-refractivity contribution in [1.82, 2.24) is 0 Å². The third kappa shape index (κ3) is 4.95. The average Bonchev–Trinajstić information content (AvgIpc) is 3.31. The largest absolute Gasteiger partial charge is 0.312 e. The highest BCUT2D eigenvalue weighted by Gasteiger charge is 2.56. The molecule has 3 heterocycles. The van der Waals surface area contributed by atoms with Crippen molar-refractivity contribution >= 4 is 109 Å². The van der Waals surface area contributed by atoms with Gasteiger partial charge in [0, 0.05) is 34.1 Å². The number of anilines is 6. The highest BCUT2D eigenvalue weighted by molar-refractivity contribution is 7.31. The van der Waals surface area contributed by atoms with E-state index in [1.54, 1.807) is 0 Å². The Bertz CT molecular complexity index is 2960. The van der Waals surface area contributed by atoms with Gasteiger partial charge in [0.15, 0.2) is 8.07 Å². The van der Waals surface area contributed by atoms with Crippen LogP contribution in [0.15, 0.2) is 231 Å². The summed E-state index contributed by atoms with van der Waals surface area (Å²) >= 11 is 0. The van der Waals surface area contributed by atoms with Gasteiger partial charge in [0.05, 0.1) is 0 Å². The first-order chi connectivity index (χ1) is 29.3. The van der Waals surface area contributed by atoms with Crippen molar-refractivity contribution in [3.8, 4) is 0 Å². The van der Waals surface area contributed by atoms with E-state index in [2.05, 4.69) is 240 Å². The molecular weight excluding hydrogens is 726 g/mol. The molecule has 1 spiro atoms. The zero-order valence-electron chi connectivity index (χ0n) is 32.5. The fourth-order valence-corrected chi connectivity index (χ4v) is 16.7. The van der Waals surface area contributed by atoms with E-state index in [0.29, 0.717) is 0 Å². The summed E-state index contributed by atoms with van der Waals surface area (Å²) in [5, 5.41) is 5.98. The second-order valence-corrected chi connectivity index (χ2v) is 19.6. The first kappa shape index (κ1) is 34.0. The topological polar surface area (TPSA) is 6.48 Å². The lowest BCUT2D eigenvalue weighted by Crippen LogP contribution is -2.93. The van der Waals surface area contributed by atoms with Crippen molar-refractivity contribution in [2.45, 2.75) is 0 Å². The number of hydrogen-bond donors (Lipinski definition) is 0. The summed E-state index contributed by atoms with van der Waals surface area (Å²) in [4.78, 5) is 4.89. The van der Waals surface area contributed by atoms with Crippen LogP contribution >= 0.6 is 0 Å². The summed E-state index contributed by atoms with van der Waals surface area (Å²) in [7, 11) is -2.91. The lowest BCUT2D eigenvalue weighted by molar-refractivity contribution is 1.29. The van der Waals surface area contributed by atoms with E-state index in [4.69, 9.17) is 0 Å². The molecule has 0 atom stereocenters. The molecule has 0 amide bonds. The molecule has 9 aromatic carbocycles. The summed E-state index contributed by atoms with van der Waals surface area (Å²) < 4.78 is 0. The molecule has 2 nitrogen and oxygen atoms in total. The van der Waals surface area contributed by atoms with Crippen LogP contribution in [-0.4, -0.2) is 21.5 Å². The second-order valence-electron chi connectivity index (χ2n) is 15.9. The molecule has 274 valence electrons. The van der Waals surface area contributed by atoms with Crippen LogP contribution in [0.1, 0.15) is 0 Å². The average molecular weight is 765 g/mol. The van der Waals surface area contributed by atoms with Crippen LogP contribution in [0.4, 0.5) is 34.1 Å². The Labute approximate surface area is 347 Å². The third-order valence-electron chi connectivity index (χ3n) is 13.0. The molecule has 0 saturated carbocycles. The number of para-hydroxylation sites is 4. The molecule has 0 N–H and O–H groups in total. The van der Waals surface area contributed by atoms with Crippen molar-refractivity contribution in [2.75, 3.05) is 9.80 Å². The van der Waals surface area contributed by atoms with Crippen LogP contribution in [0.2, 0.25) is 0 Å². The van der Waals surface area contributed by atoms with Crippen LogP contribution < -0.4 is 63.3 Å². The SMILES string of the molecule is c1ccc(N(c2ccccc2)c2cccc(B3c4ccccc4[Si]4(c5ccccc53)c3ccccc3B3c5ccccc5N(c5ccccc5)c5cccc4c53)c2)cc1. The van der Waals surface area contributed by atoms with Crippen molar-refractivity contribution < 1.29 is 0 Å². The first-order valence-electron chi connectivity index (χ1n) is 20.7. The molecule has 0 radical (unpaired) electrons. The van der Waals surface area contributed by atoms with Gasteiger partial charge in [0.2, 0.25) is 13.4 Å². The van der Waals surface area contributed by atoms with Gasteiger partial charge >= 0.3 is 0 Å². The predicted octanol–water partition coefficient (Wildman–Crippen LogP) is 5.98. The molecular formula is C54H38B2N2Si. The summed E-state index contributed by atoms with van der Waals surface area (Å²) in [6.45, 7) is 0.183. The van der Waals surface area contributed by atoms with Gasteiger partial charge in [-0.15, -0.1) is 0 Å². The maximum Gasteiger partial charge on any atom is 0.246 e. The zero-order chi connectivity index (χ0) is 38.9. The van der Waals surface area contributed by atoms with Gasteiger partial charge in [-0.3, -0.25) is 0 Å². The van der Waals surface area contributed by atoms with Gasteiger partial charge in [0.25, 0.3) is 0 Å². The quantitative estimate of drug-likeness (QED) is 0.200. The Hall–Kier alpha value is -7.07. The number of nitrogens with zero attached hydrogens (tertiary/aromatic N) is 2. The number of fused-ring (bicyclic) bond motifs is 10. The lowest BCUT2D eigenvalue weighted by atomic mass is 9.34. The molecule has 0 aromatic heterocycles. The fourth-order valence-electron chi connectivity index (χ4n) is 10.9. The van der Waals surface area contributed by atoms with Crippen LogP contribution in [0.25, 0.3) is 0 Å². The molecule has 5 heteroatoms. The molecule has 0 aliphatic carbocycles. The van der Waals surface area contributed by atoms with Gasteiger partial charge in [-0.1, -0.05) is 192 Å². The number of rotatable bonds is 5. The number of hydrogen-bond acceptors (Lipinski definition) is 2. The summed E-state index contributed by atoms with van der Waals surface area (Å²) in [6.07, 6.45) is 0. The van der Waals surface area contributed by atoms with E-state index in [0.717, 1.165) is 17.1 Å². The third-order valence-corrected chi connectivity index (χ3v) is 18.1. The smallest absolute Gasteiger partial charge is 0.246 e. The normalized spacial score (nSPS) is 13.8. The molecule has 0 saturated heterocycles. The monoisotopic (exact) mass is 764 g/mol. The molecule has 9 aromatic rings. The maximum absolute atomic E-state index is 2.91. The second kappa shape index (κ2) is 13.5. The van der Waals surface area contributed by atoms with E-state index >= 15 is 0 Å². The summed E-state index contributed by atoms with van der Waals surface area (Å²) in [5.41, 5.74) is 15.5. The Morgan fingerprint density at radius 3 is 1.39 bits per heavy atom. The highest BCUT2D eigenvalue weighted by Crippen LogP contribution is 2.37. The maximum atomic E-state index is 2.51. The van der Waals surface area contributed by atoms with Crippen LogP contribution in [0, 0.1) is 0 Å². The Morgan fingerprint density at radius 2 is 0.780 bits per heavy atom. The van der Waals surface area contributed by atoms with E-state index < -0.39 is 8.07 Å². The van der Waals surface area contributed by atoms with Crippen molar-refractivity contribution in [2.24, 2.45) is 0 Å². The minimum Gasteiger partial charge on any atom is -0.312 e. The summed E-state index contributed by atoms with van der Waals surface area (Å²) in [6, 6.07) is 86.4. The van der Waals surface area contributed by atoms with E-state index in [1.807, 2.05) is 0 Å². The van der Waals surface area contributed by atoms with Crippen molar-refractivity contribution in [3.63, 3.8) is 0 Å². The molecule has 3 aliphatic rings. The lowest BCUT2D eigenvalue weighted by Gasteiger charge is -2.50. The van der Waals surface area contributed by atoms with Crippen molar-refractivity contribution in [3.05, 3.63) is 231 Å².